The fraction of sp³-hybridized carbons (Fsp3) is 0.167. The Morgan fingerprint density at radius 3 is 2.50 bits per heavy atom. The lowest BCUT2D eigenvalue weighted by Gasteiger charge is -2.13. The standard InChI is InChI=1S/C18H12ClF3O7S/c19-16-8-12-14(28-16)5-10(6-15(12)29-30(25,26)18(20,21)22)9-27-13-4-2-1-3-11(13)7-17(23)24/h1-6,8H,7,9H2,(H,23,24). The van der Waals surface area contributed by atoms with Crippen LogP contribution in [-0.2, 0) is 27.9 Å². The molecule has 3 aromatic rings. The summed E-state index contributed by atoms with van der Waals surface area (Å²) in [5, 5.41) is 8.69. The van der Waals surface area contributed by atoms with E-state index in [9.17, 15) is 26.4 Å². The zero-order valence-electron chi connectivity index (χ0n) is 14.8. The summed E-state index contributed by atoms with van der Waals surface area (Å²) in [5.74, 6) is -1.48. The lowest BCUT2D eigenvalue weighted by atomic mass is 10.1. The number of alkyl halides is 3. The van der Waals surface area contributed by atoms with Gasteiger partial charge in [-0.25, -0.2) is 0 Å². The van der Waals surface area contributed by atoms with E-state index in [1.807, 2.05) is 0 Å². The first-order valence-electron chi connectivity index (χ1n) is 8.11. The molecular formula is C18H12ClF3O7S. The Labute approximate surface area is 172 Å². The van der Waals surface area contributed by atoms with Gasteiger partial charge in [-0.1, -0.05) is 18.2 Å². The van der Waals surface area contributed by atoms with Gasteiger partial charge in [-0.05, 0) is 35.4 Å². The van der Waals surface area contributed by atoms with Crippen molar-refractivity contribution in [2.45, 2.75) is 18.5 Å². The molecule has 1 N–H and O–H groups in total. The summed E-state index contributed by atoms with van der Waals surface area (Å²) in [6, 6.07) is 9.84. The summed E-state index contributed by atoms with van der Waals surface area (Å²) in [5.41, 5.74) is -5.07. The molecule has 1 aromatic heterocycles. The molecule has 3 rings (SSSR count). The molecule has 0 radical (unpaired) electrons. The molecule has 30 heavy (non-hydrogen) atoms. The fourth-order valence-corrected chi connectivity index (χ4v) is 3.22. The van der Waals surface area contributed by atoms with E-state index in [1.165, 1.54) is 12.1 Å². The van der Waals surface area contributed by atoms with Gasteiger partial charge in [0, 0.05) is 11.6 Å². The molecule has 0 bridgehead atoms. The van der Waals surface area contributed by atoms with Crippen molar-refractivity contribution in [3.05, 3.63) is 58.8 Å². The molecule has 2 aromatic carbocycles. The van der Waals surface area contributed by atoms with Crippen molar-refractivity contribution < 1.29 is 44.8 Å². The number of furan rings is 1. The lowest BCUT2D eigenvalue weighted by Crippen LogP contribution is -2.28. The molecule has 0 saturated carbocycles. The monoisotopic (exact) mass is 464 g/mol. The molecule has 0 unspecified atom stereocenters. The summed E-state index contributed by atoms with van der Waals surface area (Å²) >= 11 is 5.73. The molecule has 0 amide bonds. The molecule has 0 atom stereocenters. The fourth-order valence-electron chi connectivity index (χ4n) is 2.56. The number of halogens is 4. The van der Waals surface area contributed by atoms with Crippen molar-refractivity contribution in [1.29, 1.82) is 0 Å². The maximum Gasteiger partial charge on any atom is 0.534 e. The van der Waals surface area contributed by atoms with E-state index in [2.05, 4.69) is 4.18 Å². The van der Waals surface area contributed by atoms with Gasteiger partial charge in [0.25, 0.3) is 0 Å². The van der Waals surface area contributed by atoms with E-state index in [0.717, 1.165) is 12.1 Å². The van der Waals surface area contributed by atoms with Gasteiger partial charge in [-0.2, -0.15) is 21.6 Å². The predicted molar refractivity (Wildman–Crippen MR) is 98.9 cm³/mol. The van der Waals surface area contributed by atoms with E-state index in [4.69, 9.17) is 25.9 Å². The summed E-state index contributed by atoms with van der Waals surface area (Å²) in [4.78, 5) is 11.0. The smallest absolute Gasteiger partial charge is 0.489 e. The molecule has 0 aliphatic heterocycles. The maximum atomic E-state index is 12.7. The Morgan fingerprint density at radius 2 is 1.83 bits per heavy atom. The second kappa shape index (κ2) is 8.07. The van der Waals surface area contributed by atoms with Crippen LogP contribution in [0.2, 0.25) is 5.22 Å². The van der Waals surface area contributed by atoms with E-state index >= 15 is 0 Å². The van der Waals surface area contributed by atoms with Crippen LogP contribution in [0.25, 0.3) is 11.0 Å². The maximum absolute atomic E-state index is 12.7. The Balaban J connectivity index is 1.94. The number of carbonyl (C=O) groups is 1. The van der Waals surface area contributed by atoms with Crippen LogP contribution in [0, 0.1) is 0 Å². The number of ether oxygens (including phenoxy) is 1. The number of rotatable bonds is 7. The molecule has 0 saturated heterocycles. The summed E-state index contributed by atoms with van der Waals surface area (Å²) in [7, 11) is -5.93. The van der Waals surface area contributed by atoms with Crippen LogP contribution in [0.5, 0.6) is 11.5 Å². The first kappa shape index (κ1) is 21.8. The predicted octanol–water partition coefficient (Wildman–Crippen LogP) is 4.52. The Hall–Kier alpha value is -2.92. The molecule has 0 aliphatic rings. The van der Waals surface area contributed by atoms with Crippen LogP contribution < -0.4 is 8.92 Å². The Bertz CT molecular complexity index is 1200. The topological polar surface area (TPSA) is 103 Å². The van der Waals surface area contributed by atoms with Crippen molar-refractivity contribution in [1.82, 2.24) is 0 Å². The van der Waals surface area contributed by atoms with Crippen LogP contribution in [-0.4, -0.2) is 25.0 Å². The van der Waals surface area contributed by atoms with Crippen molar-refractivity contribution in [2.75, 3.05) is 0 Å². The van der Waals surface area contributed by atoms with Gasteiger partial charge in [0.1, 0.15) is 17.9 Å². The van der Waals surface area contributed by atoms with Crippen LogP contribution in [0.4, 0.5) is 13.2 Å². The minimum Gasteiger partial charge on any atom is -0.489 e. The Morgan fingerprint density at radius 1 is 1.13 bits per heavy atom. The van der Waals surface area contributed by atoms with E-state index in [0.29, 0.717) is 5.56 Å². The number of carboxylic acids is 1. The van der Waals surface area contributed by atoms with Crippen molar-refractivity contribution >= 4 is 38.7 Å². The molecule has 0 fully saturated rings. The van der Waals surface area contributed by atoms with Crippen molar-refractivity contribution in [3.8, 4) is 11.5 Å². The normalized spacial score (nSPS) is 12.1. The number of hydrogen-bond acceptors (Lipinski definition) is 6. The second-order valence-electron chi connectivity index (χ2n) is 6.01. The summed E-state index contributed by atoms with van der Waals surface area (Å²) < 4.78 is 75.9. The third kappa shape index (κ3) is 4.79. The molecule has 12 heteroatoms. The SMILES string of the molecule is O=C(O)Cc1ccccc1OCc1cc(OS(=O)(=O)C(F)(F)F)c2cc(Cl)oc2c1. The molecule has 160 valence electrons. The van der Waals surface area contributed by atoms with Gasteiger partial charge < -0.3 is 18.4 Å². The average Bonchev–Trinajstić information content (AvgIpc) is 3.00. The zero-order valence-corrected chi connectivity index (χ0v) is 16.3. The lowest BCUT2D eigenvalue weighted by molar-refractivity contribution is -0.136. The highest BCUT2D eigenvalue weighted by atomic mass is 35.5. The van der Waals surface area contributed by atoms with Crippen LogP contribution in [0.15, 0.2) is 46.9 Å². The highest BCUT2D eigenvalue weighted by Gasteiger charge is 2.48. The van der Waals surface area contributed by atoms with E-state index in [1.54, 1.807) is 18.2 Å². The number of benzene rings is 2. The van der Waals surface area contributed by atoms with Crippen molar-refractivity contribution in [3.63, 3.8) is 0 Å². The van der Waals surface area contributed by atoms with Crippen molar-refractivity contribution in [2.24, 2.45) is 0 Å². The highest BCUT2D eigenvalue weighted by Crippen LogP contribution is 2.36. The minimum absolute atomic E-state index is 0.0210. The second-order valence-corrected chi connectivity index (χ2v) is 7.92. The van der Waals surface area contributed by atoms with Gasteiger partial charge in [0.2, 0.25) is 0 Å². The zero-order chi connectivity index (χ0) is 22.1. The molecule has 7 nitrogen and oxygen atoms in total. The number of fused-ring (bicyclic) bond motifs is 1. The van der Waals surface area contributed by atoms with Gasteiger partial charge in [-0.3, -0.25) is 4.79 Å². The van der Waals surface area contributed by atoms with E-state index < -0.39 is 27.3 Å². The van der Waals surface area contributed by atoms with Gasteiger partial charge in [0.15, 0.2) is 11.0 Å². The third-order valence-electron chi connectivity index (χ3n) is 3.82. The highest BCUT2D eigenvalue weighted by molar-refractivity contribution is 7.88. The van der Waals surface area contributed by atoms with E-state index in [-0.39, 0.29) is 40.5 Å². The number of carboxylic acid groups (broad SMARTS) is 1. The third-order valence-corrected chi connectivity index (χ3v) is 4.97. The largest absolute Gasteiger partial charge is 0.534 e. The summed E-state index contributed by atoms with van der Waals surface area (Å²) in [6.45, 7) is -0.243. The van der Waals surface area contributed by atoms with Gasteiger partial charge in [0.05, 0.1) is 11.8 Å². The number of aliphatic carboxylic acids is 1. The Kier molecular flexibility index (Phi) is 5.86. The molecule has 0 spiro atoms. The average molecular weight is 465 g/mol. The first-order valence-corrected chi connectivity index (χ1v) is 9.90. The van der Waals surface area contributed by atoms with Crippen LogP contribution >= 0.6 is 11.6 Å². The van der Waals surface area contributed by atoms with Gasteiger partial charge >= 0.3 is 21.6 Å². The minimum atomic E-state index is -5.93. The summed E-state index contributed by atoms with van der Waals surface area (Å²) in [6.07, 6.45) is -0.304. The molecule has 1 heterocycles. The van der Waals surface area contributed by atoms with Crippen LogP contribution in [0.3, 0.4) is 0 Å². The number of hydrogen-bond donors (Lipinski definition) is 1. The molecule has 0 aliphatic carbocycles. The van der Waals surface area contributed by atoms with Crippen LogP contribution in [0.1, 0.15) is 11.1 Å². The number of para-hydroxylation sites is 1. The molecular weight excluding hydrogens is 453 g/mol. The van der Waals surface area contributed by atoms with Gasteiger partial charge in [-0.15, -0.1) is 0 Å². The quantitative estimate of drug-likeness (QED) is 0.405. The first-order chi connectivity index (χ1) is 14.0.